The summed E-state index contributed by atoms with van der Waals surface area (Å²) in [6.45, 7) is 0. The fourth-order valence-corrected chi connectivity index (χ4v) is 2.02. The number of rotatable bonds is 2. The van der Waals surface area contributed by atoms with E-state index in [4.69, 9.17) is 0 Å². The standard InChI is InChI=1S/C14H9F3N4O/c15-14(16,17)12-9(7-18-21-12)13-19-10(6-11(22)20-13)8-4-2-1-3-5-8/h1-7H,(H,18,21)(H,19,20,22). The molecule has 2 heterocycles. The molecule has 0 spiro atoms. The number of H-pyrrole nitrogens is 2. The van der Waals surface area contributed by atoms with Gasteiger partial charge in [0.1, 0.15) is 5.82 Å². The van der Waals surface area contributed by atoms with Crippen LogP contribution in [0.4, 0.5) is 13.2 Å². The van der Waals surface area contributed by atoms with Gasteiger partial charge in [0.25, 0.3) is 5.56 Å². The van der Waals surface area contributed by atoms with Crippen LogP contribution in [-0.2, 0) is 6.18 Å². The summed E-state index contributed by atoms with van der Waals surface area (Å²) in [6.07, 6.45) is -3.64. The molecule has 0 aliphatic rings. The Bertz CT molecular complexity index is 852. The summed E-state index contributed by atoms with van der Waals surface area (Å²) < 4.78 is 38.7. The van der Waals surface area contributed by atoms with Gasteiger partial charge in [0.05, 0.1) is 17.5 Å². The molecule has 0 aliphatic carbocycles. The molecule has 3 rings (SSSR count). The van der Waals surface area contributed by atoms with Crippen LogP contribution in [0.15, 0.2) is 47.4 Å². The van der Waals surface area contributed by atoms with Crippen LogP contribution in [-0.4, -0.2) is 20.2 Å². The summed E-state index contributed by atoms with van der Waals surface area (Å²) in [6, 6.07) is 9.94. The van der Waals surface area contributed by atoms with Gasteiger partial charge < -0.3 is 4.98 Å². The summed E-state index contributed by atoms with van der Waals surface area (Å²) in [7, 11) is 0. The Hall–Kier alpha value is -2.90. The summed E-state index contributed by atoms with van der Waals surface area (Å²) in [5.41, 5.74) is -0.984. The van der Waals surface area contributed by atoms with Crippen molar-refractivity contribution >= 4 is 0 Å². The second kappa shape index (κ2) is 5.14. The van der Waals surface area contributed by atoms with E-state index in [1.165, 1.54) is 6.07 Å². The molecule has 0 saturated carbocycles. The van der Waals surface area contributed by atoms with E-state index < -0.39 is 17.4 Å². The van der Waals surface area contributed by atoms with Crippen LogP contribution < -0.4 is 5.56 Å². The van der Waals surface area contributed by atoms with Crippen LogP contribution in [0.25, 0.3) is 22.6 Å². The zero-order chi connectivity index (χ0) is 15.7. The molecular weight excluding hydrogens is 297 g/mol. The van der Waals surface area contributed by atoms with Gasteiger partial charge in [-0.15, -0.1) is 0 Å². The lowest BCUT2D eigenvalue weighted by Crippen LogP contribution is -2.12. The van der Waals surface area contributed by atoms with Crippen LogP contribution >= 0.6 is 0 Å². The highest BCUT2D eigenvalue weighted by atomic mass is 19.4. The van der Waals surface area contributed by atoms with Crippen molar-refractivity contribution in [2.24, 2.45) is 0 Å². The fraction of sp³-hybridized carbons (Fsp3) is 0.0714. The first-order valence-corrected chi connectivity index (χ1v) is 6.23. The minimum absolute atomic E-state index is 0.188. The number of benzene rings is 1. The second-order valence-corrected chi connectivity index (χ2v) is 4.50. The normalized spacial score (nSPS) is 11.6. The molecular formula is C14H9F3N4O. The maximum atomic E-state index is 12.9. The lowest BCUT2D eigenvalue weighted by molar-refractivity contribution is -0.140. The van der Waals surface area contributed by atoms with E-state index in [-0.39, 0.29) is 17.1 Å². The Morgan fingerprint density at radius 3 is 2.50 bits per heavy atom. The van der Waals surface area contributed by atoms with E-state index in [0.29, 0.717) is 5.56 Å². The Morgan fingerprint density at radius 1 is 1.09 bits per heavy atom. The minimum atomic E-state index is -4.62. The number of halogens is 3. The average Bonchev–Trinajstić information content (AvgIpc) is 2.97. The Labute approximate surface area is 121 Å². The van der Waals surface area contributed by atoms with Crippen molar-refractivity contribution in [3.05, 3.63) is 58.6 Å². The zero-order valence-corrected chi connectivity index (χ0v) is 11.0. The predicted molar refractivity (Wildman–Crippen MR) is 72.9 cm³/mol. The molecule has 1 aromatic carbocycles. The molecule has 0 amide bonds. The van der Waals surface area contributed by atoms with Crippen LogP contribution in [0, 0.1) is 0 Å². The van der Waals surface area contributed by atoms with Crippen molar-refractivity contribution in [3.8, 4) is 22.6 Å². The highest BCUT2D eigenvalue weighted by Gasteiger charge is 2.36. The number of aromatic amines is 2. The molecule has 112 valence electrons. The molecule has 5 nitrogen and oxygen atoms in total. The van der Waals surface area contributed by atoms with Crippen molar-refractivity contribution in [1.29, 1.82) is 0 Å². The van der Waals surface area contributed by atoms with E-state index in [2.05, 4.69) is 15.1 Å². The smallest absolute Gasteiger partial charge is 0.306 e. The summed E-state index contributed by atoms with van der Waals surface area (Å²) in [5, 5.41) is 5.28. The molecule has 0 unspecified atom stereocenters. The number of alkyl halides is 3. The first-order valence-electron chi connectivity index (χ1n) is 6.23. The second-order valence-electron chi connectivity index (χ2n) is 4.50. The maximum Gasteiger partial charge on any atom is 0.433 e. The lowest BCUT2D eigenvalue weighted by Gasteiger charge is -2.07. The van der Waals surface area contributed by atoms with Gasteiger partial charge in [-0.2, -0.15) is 18.3 Å². The highest BCUT2D eigenvalue weighted by Crippen LogP contribution is 2.34. The summed E-state index contributed by atoms with van der Waals surface area (Å²) >= 11 is 0. The maximum absolute atomic E-state index is 12.9. The number of hydrogen-bond donors (Lipinski definition) is 2. The molecule has 3 aromatic rings. The molecule has 0 atom stereocenters. The zero-order valence-electron chi connectivity index (χ0n) is 11.0. The predicted octanol–water partition coefficient (Wildman–Crippen LogP) is 2.85. The van der Waals surface area contributed by atoms with Gasteiger partial charge in [0.2, 0.25) is 0 Å². The molecule has 8 heteroatoms. The van der Waals surface area contributed by atoms with E-state index in [1.807, 2.05) is 5.10 Å². The Kier molecular flexibility index (Phi) is 3.28. The average molecular weight is 306 g/mol. The highest BCUT2D eigenvalue weighted by molar-refractivity contribution is 5.64. The van der Waals surface area contributed by atoms with Crippen molar-refractivity contribution in [2.75, 3.05) is 0 Å². The third-order valence-electron chi connectivity index (χ3n) is 2.99. The van der Waals surface area contributed by atoms with E-state index >= 15 is 0 Å². The third kappa shape index (κ3) is 2.62. The SMILES string of the molecule is O=c1cc(-c2ccccc2)nc(-c2cn[nH]c2C(F)(F)F)[nH]1. The molecule has 0 radical (unpaired) electrons. The quantitative estimate of drug-likeness (QED) is 0.764. The number of nitrogens with one attached hydrogen (secondary N) is 2. The van der Waals surface area contributed by atoms with Crippen molar-refractivity contribution < 1.29 is 13.2 Å². The van der Waals surface area contributed by atoms with Gasteiger partial charge in [-0.25, -0.2) is 4.98 Å². The molecule has 0 fully saturated rings. The van der Waals surface area contributed by atoms with Crippen molar-refractivity contribution in [1.82, 2.24) is 20.2 Å². The number of aromatic nitrogens is 4. The van der Waals surface area contributed by atoms with Gasteiger partial charge in [-0.1, -0.05) is 30.3 Å². The fourth-order valence-electron chi connectivity index (χ4n) is 2.02. The molecule has 0 saturated heterocycles. The van der Waals surface area contributed by atoms with E-state index in [9.17, 15) is 18.0 Å². The van der Waals surface area contributed by atoms with Crippen molar-refractivity contribution in [2.45, 2.75) is 6.18 Å². The van der Waals surface area contributed by atoms with Crippen molar-refractivity contribution in [3.63, 3.8) is 0 Å². The van der Waals surface area contributed by atoms with Gasteiger partial charge in [-0.3, -0.25) is 9.89 Å². The van der Waals surface area contributed by atoms with Crippen LogP contribution in [0.1, 0.15) is 5.69 Å². The monoisotopic (exact) mass is 306 g/mol. The largest absolute Gasteiger partial charge is 0.433 e. The van der Waals surface area contributed by atoms with E-state index in [1.54, 1.807) is 30.3 Å². The topological polar surface area (TPSA) is 74.4 Å². The van der Waals surface area contributed by atoms with Crippen LogP contribution in [0.3, 0.4) is 0 Å². The number of hydrogen-bond acceptors (Lipinski definition) is 3. The summed E-state index contributed by atoms with van der Waals surface area (Å²) in [4.78, 5) is 18.1. The number of nitrogens with zero attached hydrogens (tertiary/aromatic N) is 2. The Balaban J connectivity index is 2.16. The first-order chi connectivity index (χ1) is 10.4. The minimum Gasteiger partial charge on any atom is -0.306 e. The first kappa shape index (κ1) is 14.1. The lowest BCUT2D eigenvalue weighted by atomic mass is 10.1. The third-order valence-corrected chi connectivity index (χ3v) is 2.99. The molecule has 2 aromatic heterocycles. The molecule has 22 heavy (non-hydrogen) atoms. The molecule has 0 aliphatic heterocycles. The van der Waals surface area contributed by atoms with Gasteiger partial charge in [0, 0.05) is 11.6 Å². The van der Waals surface area contributed by atoms with Gasteiger partial charge in [0.15, 0.2) is 5.69 Å². The van der Waals surface area contributed by atoms with Gasteiger partial charge >= 0.3 is 6.18 Å². The Morgan fingerprint density at radius 2 is 1.82 bits per heavy atom. The summed E-state index contributed by atoms with van der Waals surface area (Å²) in [5.74, 6) is -0.188. The van der Waals surface area contributed by atoms with Crippen LogP contribution in [0.2, 0.25) is 0 Å². The molecule has 2 N–H and O–H groups in total. The molecule has 0 bridgehead atoms. The van der Waals surface area contributed by atoms with Gasteiger partial charge in [-0.05, 0) is 0 Å². The van der Waals surface area contributed by atoms with E-state index in [0.717, 1.165) is 6.20 Å². The van der Waals surface area contributed by atoms with Crippen LogP contribution in [0.5, 0.6) is 0 Å².